The van der Waals surface area contributed by atoms with Crippen LogP contribution in [0, 0.1) is 0 Å². The number of nitrogens with zero attached hydrogens (tertiary/aromatic N) is 3. The first kappa shape index (κ1) is 12.8. The van der Waals surface area contributed by atoms with Crippen molar-refractivity contribution in [3.63, 3.8) is 0 Å². The van der Waals surface area contributed by atoms with Crippen LogP contribution in [0.15, 0.2) is 30.6 Å². The monoisotopic (exact) mass is 244 g/mol. The van der Waals surface area contributed by atoms with Crippen LogP contribution in [0.25, 0.3) is 0 Å². The highest BCUT2D eigenvalue weighted by molar-refractivity contribution is 5.30. The largest absolute Gasteiger partial charge is 0.324 e. The Kier molecular flexibility index (Phi) is 4.10. The van der Waals surface area contributed by atoms with Gasteiger partial charge in [-0.15, -0.1) is 0 Å². The third-order valence-corrected chi connectivity index (χ3v) is 3.23. The minimum atomic E-state index is -0.0179. The standard InChI is InChI=1S/C14H20N4/c1-3-11-7-5-6-8-12(11)13(15)9-14-16-10-17-18(14)4-2/h5-8,10,13H,3-4,9,15H2,1-2H3. The van der Waals surface area contributed by atoms with Crippen molar-refractivity contribution in [1.29, 1.82) is 0 Å². The van der Waals surface area contributed by atoms with Gasteiger partial charge in [0.15, 0.2) is 0 Å². The van der Waals surface area contributed by atoms with Gasteiger partial charge in [0.25, 0.3) is 0 Å². The summed E-state index contributed by atoms with van der Waals surface area (Å²) in [5.74, 6) is 0.955. The molecule has 1 unspecified atom stereocenters. The molecule has 1 heterocycles. The topological polar surface area (TPSA) is 56.7 Å². The zero-order valence-corrected chi connectivity index (χ0v) is 11.0. The van der Waals surface area contributed by atoms with Gasteiger partial charge < -0.3 is 5.73 Å². The minimum absolute atomic E-state index is 0.0179. The van der Waals surface area contributed by atoms with Crippen LogP contribution in [0.3, 0.4) is 0 Å². The molecule has 96 valence electrons. The molecule has 0 spiro atoms. The highest BCUT2D eigenvalue weighted by Crippen LogP contribution is 2.19. The van der Waals surface area contributed by atoms with E-state index in [1.54, 1.807) is 6.33 Å². The molecule has 0 bridgehead atoms. The first-order chi connectivity index (χ1) is 8.76. The van der Waals surface area contributed by atoms with E-state index >= 15 is 0 Å². The molecular weight excluding hydrogens is 224 g/mol. The summed E-state index contributed by atoms with van der Waals surface area (Å²) in [5.41, 5.74) is 8.83. The van der Waals surface area contributed by atoms with E-state index in [0.29, 0.717) is 0 Å². The van der Waals surface area contributed by atoms with Gasteiger partial charge in [-0.1, -0.05) is 31.2 Å². The molecule has 0 aliphatic heterocycles. The van der Waals surface area contributed by atoms with Crippen molar-refractivity contribution in [2.75, 3.05) is 0 Å². The highest BCUT2D eigenvalue weighted by Gasteiger charge is 2.13. The fourth-order valence-electron chi connectivity index (χ4n) is 2.23. The normalized spacial score (nSPS) is 12.6. The van der Waals surface area contributed by atoms with Crippen molar-refractivity contribution < 1.29 is 0 Å². The molecule has 1 aromatic heterocycles. The lowest BCUT2D eigenvalue weighted by atomic mass is 9.97. The Morgan fingerprint density at radius 3 is 2.78 bits per heavy atom. The third kappa shape index (κ3) is 2.59. The molecule has 4 nitrogen and oxygen atoms in total. The van der Waals surface area contributed by atoms with E-state index in [0.717, 1.165) is 25.2 Å². The van der Waals surface area contributed by atoms with Crippen molar-refractivity contribution in [2.24, 2.45) is 5.73 Å². The first-order valence-corrected chi connectivity index (χ1v) is 6.46. The molecule has 0 amide bonds. The van der Waals surface area contributed by atoms with Gasteiger partial charge in [0.2, 0.25) is 0 Å². The molecule has 0 fully saturated rings. The summed E-state index contributed by atoms with van der Waals surface area (Å²) in [7, 11) is 0. The summed E-state index contributed by atoms with van der Waals surface area (Å²) in [5, 5.41) is 4.17. The van der Waals surface area contributed by atoms with Crippen LogP contribution < -0.4 is 5.73 Å². The fraction of sp³-hybridized carbons (Fsp3) is 0.429. The predicted molar refractivity (Wildman–Crippen MR) is 72.1 cm³/mol. The molecule has 2 aromatic rings. The highest BCUT2D eigenvalue weighted by atomic mass is 15.3. The van der Waals surface area contributed by atoms with Crippen LogP contribution in [0.2, 0.25) is 0 Å². The second kappa shape index (κ2) is 5.78. The molecule has 1 atom stereocenters. The van der Waals surface area contributed by atoms with E-state index in [1.165, 1.54) is 11.1 Å². The minimum Gasteiger partial charge on any atom is -0.324 e. The molecule has 4 heteroatoms. The van der Waals surface area contributed by atoms with E-state index in [2.05, 4.69) is 42.1 Å². The summed E-state index contributed by atoms with van der Waals surface area (Å²) < 4.78 is 1.90. The zero-order chi connectivity index (χ0) is 13.0. The summed E-state index contributed by atoms with van der Waals surface area (Å²) in [6.45, 7) is 5.04. The molecule has 1 aromatic carbocycles. The van der Waals surface area contributed by atoms with Crippen molar-refractivity contribution in [2.45, 2.75) is 39.3 Å². The molecule has 0 radical (unpaired) electrons. The summed E-state index contributed by atoms with van der Waals surface area (Å²) in [4.78, 5) is 4.28. The van der Waals surface area contributed by atoms with E-state index in [4.69, 9.17) is 5.73 Å². The van der Waals surface area contributed by atoms with Crippen molar-refractivity contribution in [3.05, 3.63) is 47.5 Å². The quantitative estimate of drug-likeness (QED) is 0.876. The van der Waals surface area contributed by atoms with E-state index in [-0.39, 0.29) is 6.04 Å². The van der Waals surface area contributed by atoms with Crippen LogP contribution in [-0.2, 0) is 19.4 Å². The molecule has 0 aliphatic rings. The Morgan fingerprint density at radius 2 is 2.06 bits per heavy atom. The summed E-state index contributed by atoms with van der Waals surface area (Å²) in [6, 6.07) is 8.33. The molecule has 2 N–H and O–H groups in total. The third-order valence-electron chi connectivity index (χ3n) is 3.23. The SMILES string of the molecule is CCc1ccccc1C(N)Cc1ncnn1CC. The van der Waals surface area contributed by atoms with E-state index in [1.807, 2.05) is 10.7 Å². The maximum atomic E-state index is 6.31. The number of aromatic nitrogens is 3. The number of benzene rings is 1. The Balaban J connectivity index is 2.19. The zero-order valence-electron chi connectivity index (χ0n) is 11.0. The van der Waals surface area contributed by atoms with E-state index in [9.17, 15) is 0 Å². The number of aryl methyl sites for hydroxylation is 2. The lowest BCUT2D eigenvalue weighted by molar-refractivity contribution is 0.579. The molecule has 18 heavy (non-hydrogen) atoms. The molecule has 0 aliphatic carbocycles. The van der Waals surface area contributed by atoms with Gasteiger partial charge in [-0.25, -0.2) is 4.98 Å². The number of nitrogens with two attached hydrogens (primary N) is 1. The van der Waals surface area contributed by atoms with Gasteiger partial charge in [-0.2, -0.15) is 5.10 Å². The molecular formula is C14H20N4. The lowest BCUT2D eigenvalue weighted by Crippen LogP contribution is -2.18. The summed E-state index contributed by atoms with van der Waals surface area (Å²) >= 11 is 0. The predicted octanol–water partition coefficient (Wildman–Crippen LogP) is 2.10. The van der Waals surface area contributed by atoms with Crippen molar-refractivity contribution in [3.8, 4) is 0 Å². The second-order valence-electron chi connectivity index (χ2n) is 4.36. The molecule has 2 rings (SSSR count). The lowest BCUT2D eigenvalue weighted by Gasteiger charge is -2.15. The first-order valence-electron chi connectivity index (χ1n) is 6.46. The van der Waals surface area contributed by atoms with E-state index < -0.39 is 0 Å². The van der Waals surface area contributed by atoms with Gasteiger partial charge in [-0.05, 0) is 24.5 Å². The average molecular weight is 244 g/mol. The fourth-order valence-corrected chi connectivity index (χ4v) is 2.23. The maximum absolute atomic E-state index is 6.31. The van der Waals surface area contributed by atoms with Gasteiger partial charge in [0, 0.05) is 19.0 Å². The van der Waals surface area contributed by atoms with Crippen LogP contribution in [0.1, 0.15) is 36.8 Å². The van der Waals surface area contributed by atoms with Gasteiger partial charge in [0.1, 0.15) is 12.2 Å². The Labute approximate surface area is 108 Å². The van der Waals surface area contributed by atoms with Gasteiger partial charge in [0.05, 0.1) is 0 Å². The Bertz CT molecular complexity index is 504. The number of hydrogen-bond donors (Lipinski definition) is 1. The van der Waals surface area contributed by atoms with Crippen LogP contribution >= 0.6 is 0 Å². The van der Waals surface area contributed by atoms with Gasteiger partial charge >= 0.3 is 0 Å². The Hall–Kier alpha value is -1.68. The number of hydrogen-bond acceptors (Lipinski definition) is 3. The number of rotatable bonds is 5. The van der Waals surface area contributed by atoms with Crippen molar-refractivity contribution in [1.82, 2.24) is 14.8 Å². The molecule has 0 saturated heterocycles. The second-order valence-corrected chi connectivity index (χ2v) is 4.36. The Morgan fingerprint density at radius 1 is 1.28 bits per heavy atom. The maximum Gasteiger partial charge on any atom is 0.138 e. The summed E-state index contributed by atoms with van der Waals surface area (Å²) in [6.07, 6.45) is 3.33. The van der Waals surface area contributed by atoms with Crippen LogP contribution in [0.4, 0.5) is 0 Å². The van der Waals surface area contributed by atoms with Gasteiger partial charge in [-0.3, -0.25) is 4.68 Å². The van der Waals surface area contributed by atoms with Crippen molar-refractivity contribution >= 4 is 0 Å². The van der Waals surface area contributed by atoms with Crippen LogP contribution in [-0.4, -0.2) is 14.8 Å². The smallest absolute Gasteiger partial charge is 0.138 e. The van der Waals surface area contributed by atoms with Crippen LogP contribution in [0.5, 0.6) is 0 Å². The average Bonchev–Trinajstić information content (AvgIpc) is 2.85. The molecule has 0 saturated carbocycles.